The van der Waals surface area contributed by atoms with Crippen molar-refractivity contribution in [2.45, 2.75) is 18.6 Å². The minimum atomic E-state index is -1.03. The highest BCUT2D eigenvalue weighted by Crippen LogP contribution is 2.33. The number of amides is 1. The third kappa shape index (κ3) is 4.54. The van der Waals surface area contributed by atoms with Gasteiger partial charge in [-0.1, -0.05) is 22.8 Å². The second-order valence-electron chi connectivity index (χ2n) is 8.32. The van der Waals surface area contributed by atoms with Crippen LogP contribution in [-0.4, -0.2) is 65.7 Å². The van der Waals surface area contributed by atoms with Crippen LogP contribution in [0.3, 0.4) is 0 Å². The molecule has 0 unspecified atom stereocenters. The van der Waals surface area contributed by atoms with E-state index >= 15 is 0 Å². The van der Waals surface area contributed by atoms with Crippen LogP contribution in [0.4, 0.5) is 0 Å². The third-order valence-electron chi connectivity index (χ3n) is 6.04. The van der Waals surface area contributed by atoms with E-state index in [9.17, 15) is 15.1 Å². The summed E-state index contributed by atoms with van der Waals surface area (Å²) in [5.41, 5.74) is 0.785. The fourth-order valence-electron chi connectivity index (χ4n) is 4.12. The van der Waals surface area contributed by atoms with Gasteiger partial charge in [0.1, 0.15) is 24.9 Å². The molecule has 0 spiro atoms. The van der Waals surface area contributed by atoms with Gasteiger partial charge in [0.25, 0.3) is 5.91 Å². The number of furan rings is 1. The number of carbonyl (C=O) groups excluding carboxylic acids is 1. The van der Waals surface area contributed by atoms with Crippen LogP contribution in [0.2, 0.25) is 5.02 Å². The highest BCUT2D eigenvalue weighted by Gasteiger charge is 2.31. The number of rotatable bonds is 7. The first-order chi connectivity index (χ1) is 16.5. The number of oxime groups is 1. The highest BCUT2D eigenvalue weighted by atomic mass is 35.5. The number of nitrogens with one attached hydrogen (secondary N) is 1. The summed E-state index contributed by atoms with van der Waals surface area (Å²) >= 11 is 6.03. The second-order valence-corrected chi connectivity index (χ2v) is 8.76. The van der Waals surface area contributed by atoms with Crippen LogP contribution in [0.25, 0.3) is 11.0 Å². The standard InChI is InChI=1S/C24H24ClN3O6/c25-16-3-5-18-15(10-16)12-21(34-18)22(27-31)24(30)26-17(13-28-6-1-7-28)23(29)14-2-4-19-20(11-14)33-9-8-32-19/h2-5,10-12,17,23,29,31H,1,6-9,13H2,(H,26,30)/b27-22+/t17-,23-/m1/s1. The lowest BCUT2D eigenvalue weighted by Crippen LogP contribution is -2.52. The van der Waals surface area contributed by atoms with E-state index in [1.807, 2.05) is 0 Å². The molecule has 2 atom stereocenters. The van der Waals surface area contributed by atoms with Crippen LogP contribution in [0.15, 0.2) is 52.0 Å². The molecule has 0 radical (unpaired) electrons. The first-order valence-electron chi connectivity index (χ1n) is 11.0. The molecule has 1 fully saturated rings. The summed E-state index contributed by atoms with van der Waals surface area (Å²) in [5, 5.41) is 28.0. The number of aliphatic hydroxyl groups excluding tert-OH is 1. The van der Waals surface area contributed by atoms with Crippen molar-refractivity contribution < 1.29 is 29.0 Å². The zero-order valence-electron chi connectivity index (χ0n) is 18.2. The monoisotopic (exact) mass is 485 g/mol. The molecule has 0 aliphatic carbocycles. The highest BCUT2D eigenvalue weighted by molar-refractivity contribution is 6.44. The average Bonchev–Trinajstić information content (AvgIpc) is 3.22. The zero-order valence-corrected chi connectivity index (χ0v) is 19.0. The maximum absolute atomic E-state index is 13.1. The van der Waals surface area contributed by atoms with Crippen molar-refractivity contribution in [2.24, 2.45) is 5.16 Å². The van der Waals surface area contributed by atoms with Gasteiger partial charge >= 0.3 is 0 Å². The summed E-state index contributed by atoms with van der Waals surface area (Å²) in [4.78, 5) is 15.3. The molecule has 1 saturated heterocycles. The molecule has 1 amide bonds. The van der Waals surface area contributed by atoms with Crippen LogP contribution in [0, 0.1) is 0 Å². The number of fused-ring (bicyclic) bond motifs is 2. The number of hydrogen-bond donors (Lipinski definition) is 3. The van der Waals surface area contributed by atoms with Gasteiger partial charge in [-0.3, -0.25) is 4.79 Å². The number of ether oxygens (including phenoxy) is 2. The Labute approximate surface area is 200 Å². The topological polar surface area (TPSA) is 117 Å². The first kappa shape index (κ1) is 22.5. The molecule has 2 aliphatic rings. The van der Waals surface area contributed by atoms with Crippen LogP contribution in [0.5, 0.6) is 11.5 Å². The van der Waals surface area contributed by atoms with E-state index in [2.05, 4.69) is 15.4 Å². The van der Waals surface area contributed by atoms with E-state index in [1.165, 1.54) is 0 Å². The molecule has 3 aromatic rings. The number of likely N-dealkylation sites (tertiary alicyclic amines) is 1. The smallest absolute Gasteiger partial charge is 0.277 e. The van der Waals surface area contributed by atoms with E-state index in [4.69, 9.17) is 25.5 Å². The predicted molar refractivity (Wildman–Crippen MR) is 125 cm³/mol. The van der Waals surface area contributed by atoms with Crippen molar-refractivity contribution in [1.82, 2.24) is 10.2 Å². The minimum Gasteiger partial charge on any atom is -0.486 e. The van der Waals surface area contributed by atoms with Crippen LogP contribution < -0.4 is 14.8 Å². The molecule has 0 bridgehead atoms. The van der Waals surface area contributed by atoms with Crippen molar-refractivity contribution in [2.75, 3.05) is 32.8 Å². The van der Waals surface area contributed by atoms with Gasteiger partial charge in [-0.15, -0.1) is 0 Å². The van der Waals surface area contributed by atoms with Crippen molar-refractivity contribution >= 4 is 34.2 Å². The molecule has 10 heteroatoms. The van der Waals surface area contributed by atoms with Crippen molar-refractivity contribution in [3.8, 4) is 11.5 Å². The van der Waals surface area contributed by atoms with Crippen LogP contribution in [-0.2, 0) is 4.79 Å². The lowest BCUT2D eigenvalue weighted by molar-refractivity contribution is -0.116. The molecule has 0 saturated carbocycles. The lowest BCUT2D eigenvalue weighted by atomic mass is 9.99. The molecule has 3 heterocycles. The summed E-state index contributed by atoms with van der Waals surface area (Å²) in [6, 6.07) is 11.1. The number of benzene rings is 2. The number of nitrogens with zero attached hydrogens (tertiary/aromatic N) is 2. The van der Waals surface area contributed by atoms with Gasteiger partial charge in [0.2, 0.25) is 5.71 Å². The summed E-state index contributed by atoms with van der Waals surface area (Å²) < 4.78 is 16.9. The molecule has 34 heavy (non-hydrogen) atoms. The normalized spacial score (nSPS) is 17.8. The lowest BCUT2D eigenvalue weighted by Gasteiger charge is -2.36. The fourth-order valence-corrected chi connectivity index (χ4v) is 4.30. The van der Waals surface area contributed by atoms with Crippen molar-refractivity contribution in [3.63, 3.8) is 0 Å². The van der Waals surface area contributed by atoms with Gasteiger partial charge in [0.15, 0.2) is 17.3 Å². The fraction of sp³-hybridized carbons (Fsp3) is 0.333. The zero-order chi connectivity index (χ0) is 23.7. The molecule has 1 aromatic heterocycles. The van der Waals surface area contributed by atoms with E-state index in [1.54, 1.807) is 42.5 Å². The Morgan fingerprint density at radius 2 is 1.91 bits per heavy atom. The Bertz CT molecular complexity index is 1240. The molecule has 178 valence electrons. The Morgan fingerprint density at radius 1 is 1.12 bits per heavy atom. The Kier molecular flexibility index (Phi) is 6.32. The SMILES string of the molecule is O=C(N[C@H](CN1CCC1)[C@H](O)c1ccc2c(c1)OCCO2)/C(=N/O)c1cc2cc(Cl)ccc2o1. The number of carbonyl (C=O) groups is 1. The average molecular weight is 486 g/mol. The molecule has 2 aliphatic heterocycles. The maximum Gasteiger partial charge on any atom is 0.277 e. The quantitative estimate of drug-likeness (QED) is 0.267. The predicted octanol–water partition coefficient (Wildman–Crippen LogP) is 2.96. The van der Waals surface area contributed by atoms with Gasteiger partial charge in [-0.2, -0.15) is 0 Å². The molecule has 9 nitrogen and oxygen atoms in total. The number of aliphatic hydroxyl groups is 1. The summed E-state index contributed by atoms with van der Waals surface area (Å²) in [6.45, 7) is 3.09. The third-order valence-corrected chi connectivity index (χ3v) is 6.27. The van der Waals surface area contributed by atoms with Gasteiger partial charge in [0, 0.05) is 17.0 Å². The van der Waals surface area contributed by atoms with Crippen LogP contribution >= 0.6 is 11.6 Å². The Hall–Kier alpha value is -3.27. The minimum absolute atomic E-state index is 0.0915. The largest absolute Gasteiger partial charge is 0.486 e. The summed E-state index contributed by atoms with van der Waals surface area (Å²) in [5.74, 6) is 0.587. The number of hydrogen-bond acceptors (Lipinski definition) is 8. The van der Waals surface area contributed by atoms with E-state index < -0.39 is 18.1 Å². The van der Waals surface area contributed by atoms with Gasteiger partial charge in [0.05, 0.1) is 6.04 Å². The number of halogens is 1. The molecular weight excluding hydrogens is 462 g/mol. The molecule has 2 aromatic carbocycles. The Morgan fingerprint density at radius 3 is 2.65 bits per heavy atom. The van der Waals surface area contributed by atoms with E-state index in [0.29, 0.717) is 52.8 Å². The first-order valence-corrected chi connectivity index (χ1v) is 11.4. The van der Waals surface area contributed by atoms with E-state index in [-0.39, 0.29) is 11.5 Å². The maximum atomic E-state index is 13.1. The second kappa shape index (κ2) is 9.54. The molecule has 5 rings (SSSR count). The van der Waals surface area contributed by atoms with Crippen LogP contribution in [0.1, 0.15) is 23.8 Å². The van der Waals surface area contributed by atoms with Gasteiger partial charge in [-0.05, 0) is 61.5 Å². The van der Waals surface area contributed by atoms with E-state index in [0.717, 1.165) is 19.5 Å². The van der Waals surface area contributed by atoms with Crippen molar-refractivity contribution in [3.05, 3.63) is 58.8 Å². The van der Waals surface area contributed by atoms with Gasteiger partial charge in [-0.25, -0.2) is 0 Å². The summed E-state index contributed by atoms with van der Waals surface area (Å²) in [6.07, 6.45) is 0.0286. The summed E-state index contributed by atoms with van der Waals surface area (Å²) in [7, 11) is 0. The molecule has 3 N–H and O–H groups in total. The van der Waals surface area contributed by atoms with Crippen molar-refractivity contribution in [1.29, 1.82) is 0 Å². The Balaban J connectivity index is 1.38. The van der Waals surface area contributed by atoms with Gasteiger partial charge < -0.3 is 34.4 Å². The molecular formula is C24H24ClN3O6.